The number of ether oxygens (including phenoxy) is 1. The fourth-order valence-electron chi connectivity index (χ4n) is 4.29. The molecule has 4 atom stereocenters. The molecule has 1 aromatic carbocycles. The highest BCUT2D eigenvalue weighted by Gasteiger charge is 2.62. The van der Waals surface area contributed by atoms with E-state index in [9.17, 15) is 9.59 Å². The molecular formula is C18H17N3O3. The normalized spacial score (nSPS) is 31.1. The van der Waals surface area contributed by atoms with E-state index in [1.54, 1.807) is 17.1 Å². The molecule has 0 unspecified atom stereocenters. The minimum absolute atomic E-state index is 0.0826. The van der Waals surface area contributed by atoms with Crippen LogP contribution in [0.5, 0.6) is 0 Å². The number of nitrogens with zero attached hydrogens (tertiary/aromatic N) is 3. The highest BCUT2D eigenvalue weighted by molar-refractivity contribution is 6.22. The van der Waals surface area contributed by atoms with Gasteiger partial charge in [-0.25, -0.2) is 4.90 Å². The van der Waals surface area contributed by atoms with E-state index >= 15 is 0 Å². The maximum atomic E-state index is 12.7. The van der Waals surface area contributed by atoms with Crippen molar-refractivity contribution in [1.29, 1.82) is 0 Å². The number of amides is 2. The summed E-state index contributed by atoms with van der Waals surface area (Å²) in [5.41, 5.74) is 1.68. The first-order valence-electron chi connectivity index (χ1n) is 8.32. The lowest BCUT2D eigenvalue weighted by Gasteiger charge is -2.15. The fourth-order valence-corrected chi connectivity index (χ4v) is 4.29. The zero-order valence-corrected chi connectivity index (χ0v) is 13.0. The molecule has 0 spiro atoms. The summed E-state index contributed by atoms with van der Waals surface area (Å²) in [5.74, 6) is -0.852. The Morgan fingerprint density at radius 3 is 2.38 bits per heavy atom. The Balaban J connectivity index is 1.41. The first-order chi connectivity index (χ1) is 11.7. The molecule has 0 saturated carbocycles. The van der Waals surface area contributed by atoms with Gasteiger partial charge in [-0.15, -0.1) is 0 Å². The van der Waals surface area contributed by atoms with E-state index in [1.807, 2.05) is 30.3 Å². The van der Waals surface area contributed by atoms with Crippen LogP contribution in [0.15, 0.2) is 42.7 Å². The van der Waals surface area contributed by atoms with Crippen LogP contribution in [-0.2, 0) is 20.9 Å². The number of carbonyl (C=O) groups is 2. The van der Waals surface area contributed by atoms with Crippen molar-refractivity contribution in [3.63, 3.8) is 0 Å². The van der Waals surface area contributed by atoms with Crippen LogP contribution in [0, 0.1) is 11.8 Å². The summed E-state index contributed by atoms with van der Waals surface area (Å²) in [4.78, 5) is 26.8. The molecule has 5 rings (SSSR count). The molecule has 6 heteroatoms. The fraction of sp³-hybridized carbons (Fsp3) is 0.389. The zero-order chi connectivity index (χ0) is 16.3. The van der Waals surface area contributed by atoms with Crippen molar-refractivity contribution >= 4 is 17.5 Å². The third-order valence-corrected chi connectivity index (χ3v) is 5.35. The third-order valence-electron chi connectivity index (χ3n) is 5.35. The van der Waals surface area contributed by atoms with E-state index in [-0.39, 0.29) is 35.9 Å². The second-order valence-electron chi connectivity index (χ2n) is 6.74. The Hall–Kier alpha value is -2.47. The summed E-state index contributed by atoms with van der Waals surface area (Å²) in [7, 11) is 0. The first-order valence-corrected chi connectivity index (χ1v) is 8.32. The van der Waals surface area contributed by atoms with Crippen LogP contribution in [0.1, 0.15) is 18.4 Å². The van der Waals surface area contributed by atoms with Gasteiger partial charge in [0.25, 0.3) is 0 Å². The predicted octanol–water partition coefficient (Wildman–Crippen LogP) is 1.60. The third kappa shape index (κ3) is 1.89. The SMILES string of the molecule is O=C1[C@@H]2[C@@H](C(=O)N1c1cnn(Cc3ccccc3)c1)[C@H]1CC[C@H]2O1. The van der Waals surface area contributed by atoms with E-state index in [0.717, 1.165) is 18.4 Å². The summed E-state index contributed by atoms with van der Waals surface area (Å²) >= 11 is 0. The molecule has 0 aliphatic carbocycles. The van der Waals surface area contributed by atoms with Gasteiger partial charge in [0.05, 0.1) is 42.5 Å². The Bertz CT molecular complexity index is 788. The Labute approximate surface area is 139 Å². The van der Waals surface area contributed by atoms with Crippen LogP contribution in [-0.4, -0.2) is 33.8 Å². The topological polar surface area (TPSA) is 64.4 Å². The average molecular weight is 323 g/mol. The Morgan fingerprint density at radius 1 is 1.04 bits per heavy atom. The van der Waals surface area contributed by atoms with Crippen LogP contribution in [0.2, 0.25) is 0 Å². The van der Waals surface area contributed by atoms with Crippen molar-refractivity contribution in [2.24, 2.45) is 11.8 Å². The molecule has 24 heavy (non-hydrogen) atoms. The van der Waals surface area contributed by atoms with Gasteiger partial charge in [0, 0.05) is 6.20 Å². The van der Waals surface area contributed by atoms with Gasteiger partial charge in [-0.3, -0.25) is 14.3 Å². The number of rotatable bonds is 3. The molecule has 0 radical (unpaired) electrons. The lowest BCUT2D eigenvalue weighted by molar-refractivity contribution is -0.124. The maximum Gasteiger partial charge on any atom is 0.240 e. The van der Waals surface area contributed by atoms with Crippen molar-refractivity contribution in [1.82, 2.24) is 9.78 Å². The van der Waals surface area contributed by atoms with Crippen LogP contribution in [0.3, 0.4) is 0 Å². The molecule has 2 amide bonds. The van der Waals surface area contributed by atoms with Crippen molar-refractivity contribution < 1.29 is 14.3 Å². The lowest BCUT2D eigenvalue weighted by Crippen LogP contribution is -2.33. The van der Waals surface area contributed by atoms with Crippen molar-refractivity contribution in [2.45, 2.75) is 31.6 Å². The molecule has 4 heterocycles. The molecule has 3 fully saturated rings. The van der Waals surface area contributed by atoms with Crippen LogP contribution < -0.4 is 4.90 Å². The zero-order valence-electron chi connectivity index (χ0n) is 13.0. The minimum atomic E-state index is -0.297. The number of benzene rings is 1. The molecule has 0 N–H and O–H groups in total. The van der Waals surface area contributed by atoms with E-state index in [2.05, 4.69) is 5.10 Å². The molecule has 3 aliphatic heterocycles. The summed E-state index contributed by atoms with van der Waals surface area (Å²) in [5, 5.41) is 4.31. The van der Waals surface area contributed by atoms with E-state index < -0.39 is 0 Å². The quantitative estimate of drug-likeness (QED) is 0.805. The van der Waals surface area contributed by atoms with Gasteiger partial charge >= 0.3 is 0 Å². The minimum Gasteiger partial charge on any atom is -0.373 e. The Kier molecular flexibility index (Phi) is 2.91. The van der Waals surface area contributed by atoms with Crippen LogP contribution in [0.4, 0.5) is 5.69 Å². The number of aromatic nitrogens is 2. The molecule has 1 aromatic heterocycles. The van der Waals surface area contributed by atoms with E-state index in [0.29, 0.717) is 12.2 Å². The Morgan fingerprint density at radius 2 is 1.71 bits per heavy atom. The van der Waals surface area contributed by atoms with Crippen molar-refractivity contribution in [3.8, 4) is 0 Å². The molecular weight excluding hydrogens is 306 g/mol. The standard InChI is InChI=1S/C18H17N3O3/c22-17-15-13-6-7-14(24-13)16(15)18(23)21(17)12-8-19-20(10-12)9-11-4-2-1-3-5-11/h1-5,8,10,13-16H,6-7,9H2/t13-,14-,15+,16+/m1/s1. The van der Waals surface area contributed by atoms with Gasteiger partial charge in [-0.2, -0.15) is 5.10 Å². The van der Waals surface area contributed by atoms with Gasteiger partial charge in [0.1, 0.15) is 0 Å². The predicted molar refractivity (Wildman–Crippen MR) is 85.1 cm³/mol. The molecule has 2 bridgehead atoms. The smallest absolute Gasteiger partial charge is 0.240 e. The van der Waals surface area contributed by atoms with E-state index in [1.165, 1.54) is 4.90 Å². The number of hydrogen-bond acceptors (Lipinski definition) is 4. The monoisotopic (exact) mass is 323 g/mol. The molecule has 3 saturated heterocycles. The highest BCUT2D eigenvalue weighted by atomic mass is 16.5. The number of carbonyl (C=O) groups excluding carboxylic acids is 2. The van der Waals surface area contributed by atoms with Gasteiger partial charge < -0.3 is 4.74 Å². The molecule has 3 aliphatic rings. The van der Waals surface area contributed by atoms with Gasteiger partial charge in [-0.1, -0.05) is 30.3 Å². The van der Waals surface area contributed by atoms with Crippen LogP contribution >= 0.6 is 0 Å². The summed E-state index contributed by atoms with van der Waals surface area (Å²) in [6, 6.07) is 9.96. The molecule has 122 valence electrons. The number of imide groups is 1. The summed E-state index contributed by atoms with van der Waals surface area (Å²) in [6.07, 6.45) is 4.97. The number of fused-ring (bicyclic) bond motifs is 5. The lowest BCUT2D eigenvalue weighted by atomic mass is 9.81. The van der Waals surface area contributed by atoms with Gasteiger partial charge in [0.2, 0.25) is 11.8 Å². The van der Waals surface area contributed by atoms with Crippen molar-refractivity contribution in [3.05, 3.63) is 48.3 Å². The molecule has 2 aromatic rings. The molecule has 6 nitrogen and oxygen atoms in total. The largest absolute Gasteiger partial charge is 0.373 e. The van der Waals surface area contributed by atoms with Crippen molar-refractivity contribution in [2.75, 3.05) is 4.90 Å². The second kappa shape index (κ2) is 5.01. The van der Waals surface area contributed by atoms with Crippen LogP contribution in [0.25, 0.3) is 0 Å². The first kappa shape index (κ1) is 13.9. The second-order valence-corrected chi connectivity index (χ2v) is 6.74. The average Bonchev–Trinajstić information content (AvgIpc) is 3.34. The number of hydrogen-bond donors (Lipinski definition) is 0. The summed E-state index contributed by atoms with van der Waals surface area (Å²) < 4.78 is 7.51. The van der Waals surface area contributed by atoms with E-state index in [4.69, 9.17) is 4.74 Å². The van der Waals surface area contributed by atoms with Gasteiger partial charge in [0.15, 0.2) is 0 Å². The number of anilines is 1. The maximum absolute atomic E-state index is 12.7. The summed E-state index contributed by atoms with van der Waals surface area (Å²) in [6.45, 7) is 0.609. The van der Waals surface area contributed by atoms with Gasteiger partial charge in [-0.05, 0) is 18.4 Å². The highest BCUT2D eigenvalue weighted by Crippen LogP contribution is 2.49.